The van der Waals surface area contributed by atoms with Gasteiger partial charge in [0.2, 0.25) is 5.95 Å². The summed E-state index contributed by atoms with van der Waals surface area (Å²) in [5, 5.41) is 9.16. The van der Waals surface area contributed by atoms with Gasteiger partial charge in [-0.1, -0.05) is 0 Å². The largest absolute Gasteiger partial charge is 0.394 e. The van der Waals surface area contributed by atoms with E-state index < -0.39 is 0 Å². The summed E-state index contributed by atoms with van der Waals surface area (Å²) in [7, 11) is 0. The molecular formula is C10H15BrN4O2. The van der Waals surface area contributed by atoms with Crippen LogP contribution in [0, 0.1) is 0 Å². The minimum atomic E-state index is -0.206. The molecule has 7 heteroatoms. The number of nitrogens with zero attached hydrogens (tertiary/aromatic N) is 3. The number of hydrogen-bond acceptors (Lipinski definition) is 6. The number of aliphatic hydroxyl groups excluding tert-OH is 1. The number of rotatable bonds is 2. The van der Waals surface area contributed by atoms with Gasteiger partial charge in [-0.2, -0.15) is 4.98 Å². The lowest BCUT2D eigenvalue weighted by Crippen LogP contribution is -2.48. The molecule has 0 aromatic carbocycles. The number of morpholine rings is 1. The van der Waals surface area contributed by atoms with Crippen molar-refractivity contribution in [2.24, 2.45) is 0 Å². The number of aromatic nitrogens is 2. The number of halogens is 1. The molecule has 1 aromatic heterocycles. The molecule has 6 nitrogen and oxygen atoms in total. The summed E-state index contributed by atoms with van der Waals surface area (Å²) >= 11 is 3.29. The van der Waals surface area contributed by atoms with Gasteiger partial charge < -0.3 is 20.5 Å². The Labute approximate surface area is 108 Å². The Bertz CT molecular complexity index is 384. The van der Waals surface area contributed by atoms with Gasteiger partial charge >= 0.3 is 0 Å². The third-order valence-corrected chi connectivity index (χ3v) is 2.92. The molecular weight excluding hydrogens is 288 g/mol. The van der Waals surface area contributed by atoms with Gasteiger partial charge in [0.25, 0.3) is 0 Å². The van der Waals surface area contributed by atoms with E-state index in [4.69, 9.17) is 15.6 Å². The molecule has 1 saturated heterocycles. The van der Waals surface area contributed by atoms with Crippen LogP contribution in [0.5, 0.6) is 0 Å². The number of nitrogen functional groups attached to an aromatic ring is 1. The summed E-state index contributed by atoms with van der Waals surface area (Å²) < 4.78 is 6.21. The van der Waals surface area contributed by atoms with Gasteiger partial charge in [0.1, 0.15) is 10.4 Å². The van der Waals surface area contributed by atoms with Gasteiger partial charge in [-0.05, 0) is 22.9 Å². The first-order valence-electron chi connectivity index (χ1n) is 5.40. The second-order valence-electron chi connectivity index (χ2n) is 4.07. The summed E-state index contributed by atoms with van der Waals surface area (Å²) in [5.74, 6) is 0.979. The number of aliphatic hydroxyl groups is 1. The lowest BCUT2D eigenvalue weighted by atomic mass is 10.2. The summed E-state index contributed by atoms with van der Waals surface area (Å²) in [4.78, 5) is 10.4. The Morgan fingerprint density at radius 2 is 2.35 bits per heavy atom. The Morgan fingerprint density at radius 1 is 1.59 bits per heavy atom. The minimum absolute atomic E-state index is 0.00960. The monoisotopic (exact) mass is 302 g/mol. The van der Waals surface area contributed by atoms with E-state index >= 15 is 0 Å². The smallest absolute Gasteiger partial charge is 0.228 e. The Balaban J connectivity index is 2.20. The molecule has 0 spiro atoms. The van der Waals surface area contributed by atoms with E-state index in [-0.39, 0.29) is 18.8 Å². The number of ether oxygens (including phenoxy) is 1. The van der Waals surface area contributed by atoms with Crippen molar-refractivity contribution in [2.45, 2.75) is 19.1 Å². The highest BCUT2D eigenvalue weighted by molar-refractivity contribution is 9.10. The SMILES string of the molecule is CC1CN(c2nc(N)cc(Br)n2)CC(CO)O1. The Morgan fingerprint density at radius 3 is 3.00 bits per heavy atom. The van der Waals surface area contributed by atoms with E-state index in [2.05, 4.69) is 25.9 Å². The van der Waals surface area contributed by atoms with Crippen molar-refractivity contribution in [3.8, 4) is 0 Å². The highest BCUT2D eigenvalue weighted by atomic mass is 79.9. The summed E-state index contributed by atoms with van der Waals surface area (Å²) in [5.41, 5.74) is 5.68. The van der Waals surface area contributed by atoms with Gasteiger partial charge in [0.15, 0.2) is 0 Å². The van der Waals surface area contributed by atoms with Crippen molar-refractivity contribution in [3.05, 3.63) is 10.7 Å². The van der Waals surface area contributed by atoms with E-state index in [1.54, 1.807) is 6.07 Å². The van der Waals surface area contributed by atoms with E-state index in [0.29, 0.717) is 29.5 Å². The molecule has 2 rings (SSSR count). The van der Waals surface area contributed by atoms with Crippen LogP contribution in [0.3, 0.4) is 0 Å². The fourth-order valence-corrected chi connectivity index (χ4v) is 2.27. The second-order valence-corrected chi connectivity index (χ2v) is 4.88. The van der Waals surface area contributed by atoms with Crippen molar-refractivity contribution in [3.63, 3.8) is 0 Å². The van der Waals surface area contributed by atoms with E-state index in [9.17, 15) is 0 Å². The third kappa shape index (κ3) is 3.05. The van der Waals surface area contributed by atoms with Crippen molar-refractivity contribution in [1.82, 2.24) is 9.97 Å². The number of anilines is 2. The second kappa shape index (κ2) is 5.16. The van der Waals surface area contributed by atoms with Crippen LogP contribution in [0.1, 0.15) is 6.92 Å². The molecule has 0 radical (unpaired) electrons. The molecule has 1 fully saturated rings. The van der Waals surface area contributed by atoms with Gasteiger partial charge in [-0.15, -0.1) is 0 Å². The fraction of sp³-hybridized carbons (Fsp3) is 0.600. The maximum Gasteiger partial charge on any atom is 0.228 e. The van der Waals surface area contributed by atoms with Gasteiger partial charge in [-0.3, -0.25) is 0 Å². The van der Waals surface area contributed by atoms with Crippen molar-refractivity contribution in [1.29, 1.82) is 0 Å². The van der Waals surface area contributed by atoms with Crippen LogP contribution in [0.15, 0.2) is 10.7 Å². The summed E-state index contributed by atoms with van der Waals surface area (Å²) in [6.07, 6.45) is -0.174. The van der Waals surface area contributed by atoms with Crippen LogP contribution in [0.2, 0.25) is 0 Å². The molecule has 0 bridgehead atoms. The van der Waals surface area contributed by atoms with Gasteiger partial charge in [0, 0.05) is 19.2 Å². The third-order valence-electron chi connectivity index (χ3n) is 2.52. The Hall–Kier alpha value is -0.920. The molecule has 2 atom stereocenters. The molecule has 17 heavy (non-hydrogen) atoms. The standard InChI is InChI=1S/C10H15BrN4O2/c1-6-3-15(4-7(5-16)17-6)10-13-8(11)2-9(12)14-10/h2,6-7,16H,3-5H2,1H3,(H2,12,13,14). The number of hydrogen-bond donors (Lipinski definition) is 2. The van der Waals surface area contributed by atoms with Crippen LogP contribution in [-0.4, -0.2) is 47.0 Å². The Kier molecular flexibility index (Phi) is 3.80. The maximum absolute atomic E-state index is 9.16. The predicted octanol–water partition coefficient (Wildman–Crippen LogP) is 0.407. The zero-order valence-corrected chi connectivity index (χ0v) is 11.1. The molecule has 2 unspecified atom stereocenters. The quantitative estimate of drug-likeness (QED) is 0.770. The van der Waals surface area contributed by atoms with Crippen molar-refractivity contribution < 1.29 is 9.84 Å². The predicted molar refractivity (Wildman–Crippen MR) is 67.8 cm³/mol. The molecule has 2 heterocycles. The molecule has 3 N–H and O–H groups in total. The molecule has 0 saturated carbocycles. The maximum atomic E-state index is 9.16. The molecule has 94 valence electrons. The highest BCUT2D eigenvalue weighted by Gasteiger charge is 2.26. The average Bonchev–Trinajstić information content (AvgIpc) is 2.26. The molecule has 0 amide bonds. The minimum Gasteiger partial charge on any atom is -0.394 e. The molecule has 1 aliphatic rings. The fourth-order valence-electron chi connectivity index (χ4n) is 1.87. The van der Waals surface area contributed by atoms with Crippen LogP contribution >= 0.6 is 15.9 Å². The van der Waals surface area contributed by atoms with Crippen LogP contribution in [0.25, 0.3) is 0 Å². The first kappa shape index (κ1) is 12.5. The lowest BCUT2D eigenvalue weighted by molar-refractivity contribution is -0.0425. The normalized spacial score (nSPS) is 25.0. The first-order chi connectivity index (χ1) is 8.08. The zero-order valence-electron chi connectivity index (χ0n) is 9.51. The number of nitrogens with two attached hydrogens (primary N) is 1. The van der Waals surface area contributed by atoms with Crippen molar-refractivity contribution >= 4 is 27.7 Å². The molecule has 0 aliphatic carbocycles. The van der Waals surface area contributed by atoms with Gasteiger partial charge in [-0.25, -0.2) is 4.98 Å². The van der Waals surface area contributed by atoms with Crippen LogP contribution < -0.4 is 10.6 Å². The topological polar surface area (TPSA) is 84.5 Å². The summed E-state index contributed by atoms with van der Waals surface area (Å²) in [6.45, 7) is 3.20. The van der Waals surface area contributed by atoms with E-state index in [1.165, 1.54) is 0 Å². The van der Waals surface area contributed by atoms with Crippen LogP contribution in [0.4, 0.5) is 11.8 Å². The summed E-state index contributed by atoms with van der Waals surface area (Å²) in [6, 6.07) is 1.65. The lowest BCUT2D eigenvalue weighted by Gasteiger charge is -2.36. The first-order valence-corrected chi connectivity index (χ1v) is 6.19. The molecule has 1 aliphatic heterocycles. The van der Waals surface area contributed by atoms with Crippen LogP contribution in [-0.2, 0) is 4.74 Å². The molecule has 1 aromatic rings. The van der Waals surface area contributed by atoms with Crippen molar-refractivity contribution in [2.75, 3.05) is 30.3 Å². The highest BCUT2D eigenvalue weighted by Crippen LogP contribution is 2.20. The zero-order chi connectivity index (χ0) is 12.4. The van der Waals surface area contributed by atoms with E-state index in [1.807, 2.05) is 11.8 Å². The van der Waals surface area contributed by atoms with Gasteiger partial charge in [0.05, 0.1) is 18.8 Å². The average molecular weight is 303 g/mol. The van der Waals surface area contributed by atoms with E-state index in [0.717, 1.165) is 0 Å².